The SMILES string of the molecule is Cc1ccoc1C(=O)N1CCN(c2ccc(S(C)(=O)=O)cc2[N+](=O)[O-])CC1. The highest BCUT2D eigenvalue weighted by Crippen LogP contribution is 2.31. The molecule has 0 unspecified atom stereocenters. The number of furan rings is 1. The second-order valence-corrected chi connectivity index (χ2v) is 8.41. The largest absolute Gasteiger partial charge is 0.459 e. The van der Waals surface area contributed by atoms with E-state index in [-0.39, 0.29) is 16.5 Å². The Labute approximate surface area is 156 Å². The number of carbonyl (C=O) groups is 1. The summed E-state index contributed by atoms with van der Waals surface area (Å²) in [6, 6.07) is 5.61. The van der Waals surface area contributed by atoms with Gasteiger partial charge in [0.2, 0.25) is 0 Å². The van der Waals surface area contributed by atoms with E-state index >= 15 is 0 Å². The Bertz CT molecular complexity index is 990. The molecular formula is C17H19N3O6S. The number of aryl methyl sites for hydroxylation is 1. The normalized spacial score (nSPS) is 15.0. The number of anilines is 1. The van der Waals surface area contributed by atoms with Gasteiger partial charge in [0, 0.05) is 44.1 Å². The number of hydrogen-bond acceptors (Lipinski definition) is 7. The van der Waals surface area contributed by atoms with Gasteiger partial charge in [0.1, 0.15) is 5.69 Å². The highest BCUT2D eigenvalue weighted by atomic mass is 32.2. The van der Waals surface area contributed by atoms with Crippen LogP contribution in [0.2, 0.25) is 0 Å². The molecule has 27 heavy (non-hydrogen) atoms. The monoisotopic (exact) mass is 393 g/mol. The molecule has 0 atom stereocenters. The van der Waals surface area contributed by atoms with E-state index in [0.717, 1.165) is 17.9 Å². The van der Waals surface area contributed by atoms with Crippen molar-refractivity contribution in [1.82, 2.24) is 4.90 Å². The Morgan fingerprint density at radius 1 is 1.19 bits per heavy atom. The highest BCUT2D eigenvalue weighted by Gasteiger charge is 2.28. The summed E-state index contributed by atoms with van der Waals surface area (Å²) in [6.07, 6.45) is 2.47. The summed E-state index contributed by atoms with van der Waals surface area (Å²) in [5.74, 6) is 0.0889. The number of benzene rings is 1. The number of nitrogens with zero attached hydrogens (tertiary/aromatic N) is 3. The molecule has 1 aliphatic heterocycles. The molecule has 0 bridgehead atoms. The van der Waals surface area contributed by atoms with Crippen molar-refractivity contribution in [1.29, 1.82) is 0 Å². The first kappa shape index (κ1) is 18.9. The fourth-order valence-electron chi connectivity index (χ4n) is 3.03. The molecule has 0 spiro atoms. The molecule has 9 nitrogen and oxygen atoms in total. The lowest BCUT2D eigenvalue weighted by molar-refractivity contribution is -0.384. The Kier molecular flexibility index (Phi) is 4.92. The van der Waals surface area contributed by atoms with Crippen LogP contribution in [-0.4, -0.2) is 56.6 Å². The van der Waals surface area contributed by atoms with E-state index in [2.05, 4.69) is 0 Å². The van der Waals surface area contributed by atoms with Crippen molar-refractivity contribution < 1.29 is 22.6 Å². The summed E-state index contributed by atoms with van der Waals surface area (Å²) in [7, 11) is -3.54. The summed E-state index contributed by atoms with van der Waals surface area (Å²) in [6.45, 7) is 3.34. The molecule has 144 valence electrons. The first-order valence-corrected chi connectivity index (χ1v) is 10.1. The lowest BCUT2D eigenvalue weighted by Crippen LogP contribution is -2.49. The van der Waals surface area contributed by atoms with Crippen molar-refractivity contribution in [2.24, 2.45) is 0 Å². The molecule has 10 heteroatoms. The molecule has 1 aromatic heterocycles. The summed E-state index contributed by atoms with van der Waals surface area (Å²) in [5.41, 5.74) is 0.836. The van der Waals surface area contributed by atoms with Crippen molar-refractivity contribution in [3.63, 3.8) is 0 Å². The first-order valence-electron chi connectivity index (χ1n) is 8.25. The highest BCUT2D eigenvalue weighted by molar-refractivity contribution is 7.90. The number of nitro groups is 1. The Morgan fingerprint density at radius 3 is 2.37 bits per heavy atom. The Hall–Kier alpha value is -2.88. The van der Waals surface area contributed by atoms with E-state index in [4.69, 9.17) is 4.42 Å². The van der Waals surface area contributed by atoms with Crippen molar-refractivity contribution >= 4 is 27.1 Å². The predicted molar refractivity (Wildman–Crippen MR) is 97.8 cm³/mol. The van der Waals surface area contributed by atoms with E-state index in [1.54, 1.807) is 22.8 Å². The van der Waals surface area contributed by atoms with Gasteiger partial charge in [0.25, 0.3) is 11.6 Å². The molecule has 0 aliphatic carbocycles. The van der Waals surface area contributed by atoms with Gasteiger partial charge in [-0.15, -0.1) is 0 Å². The summed E-state index contributed by atoms with van der Waals surface area (Å²) >= 11 is 0. The number of rotatable bonds is 4. The third kappa shape index (κ3) is 3.80. The Morgan fingerprint density at radius 2 is 1.85 bits per heavy atom. The third-order valence-electron chi connectivity index (χ3n) is 4.54. The average molecular weight is 393 g/mol. The molecule has 1 aromatic carbocycles. The number of amides is 1. The van der Waals surface area contributed by atoms with Gasteiger partial charge in [-0.2, -0.15) is 0 Å². The van der Waals surface area contributed by atoms with Crippen LogP contribution < -0.4 is 4.90 Å². The number of piperazine rings is 1. The van der Waals surface area contributed by atoms with Gasteiger partial charge in [0.05, 0.1) is 16.1 Å². The quantitative estimate of drug-likeness (QED) is 0.575. The van der Waals surface area contributed by atoms with Crippen LogP contribution in [0.15, 0.2) is 39.8 Å². The molecule has 1 amide bonds. The van der Waals surface area contributed by atoms with Gasteiger partial charge in [-0.3, -0.25) is 14.9 Å². The molecule has 1 aliphatic rings. The zero-order valence-corrected chi connectivity index (χ0v) is 15.7. The maximum Gasteiger partial charge on any atom is 0.293 e. The van der Waals surface area contributed by atoms with E-state index in [1.807, 2.05) is 0 Å². The van der Waals surface area contributed by atoms with Gasteiger partial charge in [-0.25, -0.2) is 8.42 Å². The smallest absolute Gasteiger partial charge is 0.293 e. The molecule has 0 radical (unpaired) electrons. The lowest BCUT2D eigenvalue weighted by Gasteiger charge is -2.35. The molecule has 1 fully saturated rings. The van der Waals surface area contributed by atoms with Crippen molar-refractivity contribution in [3.05, 3.63) is 52.0 Å². The third-order valence-corrected chi connectivity index (χ3v) is 5.65. The zero-order chi connectivity index (χ0) is 19.8. The zero-order valence-electron chi connectivity index (χ0n) is 14.9. The average Bonchev–Trinajstić information content (AvgIpc) is 3.06. The van der Waals surface area contributed by atoms with Crippen LogP contribution in [0.25, 0.3) is 0 Å². The number of nitro benzene ring substituents is 1. The number of carbonyl (C=O) groups excluding carboxylic acids is 1. The van der Waals surface area contributed by atoms with Crippen LogP contribution >= 0.6 is 0 Å². The molecule has 1 saturated heterocycles. The molecule has 3 rings (SSSR count). The second-order valence-electron chi connectivity index (χ2n) is 6.39. The second kappa shape index (κ2) is 7.03. The van der Waals surface area contributed by atoms with Gasteiger partial charge < -0.3 is 14.2 Å². The first-order chi connectivity index (χ1) is 12.7. The molecular weight excluding hydrogens is 374 g/mol. The summed E-state index contributed by atoms with van der Waals surface area (Å²) in [5, 5.41) is 11.4. The van der Waals surface area contributed by atoms with E-state index < -0.39 is 14.8 Å². The lowest BCUT2D eigenvalue weighted by atomic mass is 10.2. The van der Waals surface area contributed by atoms with Gasteiger partial charge in [0.15, 0.2) is 15.6 Å². The number of sulfone groups is 1. The topological polar surface area (TPSA) is 114 Å². The Balaban J connectivity index is 1.79. The van der Waals surface area contributed by atoms with Crippen molar-refractivity contribution in [2.45, 2.75) is 11.8 Å². The fourth-order valence-corrected chi connectivity index (χ4v) is 3.67. The van der Waals surface area contributed by atoms with Crippen LogP contribution in [0, 0.1) is 17.0 Å². The molecule has 2 aromatic rings. The molecule has 0 saturated carbocycles. The minimum Gasteiger partial charge on any atom is -0.459 e. The van der Waals surface area contributed by atoms with E-state index in [1.165, 1.54) is 18.4 Å². The molecule has 0 N–H and O–H groups in total. The van der Waals surface area contributed by atoms with E-state index in [9.17, 15) is 23.3 Å². The predicted octanol–water partition coefficient (Wildman–Crippen LogP) is 1.86. The fraction of sp³-hybridized carbons (Fsp3) is 0.353. The van der Waals surface area contributed by atoms with Crippen LogP contribution in [0.1, 0.15) is 16.1 Å². The maximum atomic E-state index is 12.5. The summed E-state index contributed by atoms with van der Waals surface area (Å²) < 4.78 is 28.6. The van der Waals surface area contributed by atoms with Crippen LogP contribution in [0.3, 0.4) is 0 Å². The van der Waals surface area contributed by atoms with Crippen molar-refractivity contribution in [2.75, 3.05) is 37.3 Å². The molecule has 2 heterocycles. The van der Waals surface area contributed by atoms with Crippen LogP contribution in [0.5, 0.6) is 0 Å². The maximum absolute atomic E-state index is 12.5. The summed E-state index contributed by atoms with van der Waals surface area (Å²) in [4.78, 5) is 26.6. The van der Waals surface area contributed by atoms with Crippen LogP contribution in [-0.2, 0) is 9.84 Å². The van der Waals surface area contributed by atoms with Gasteiger partial charge in [-0.05, 0) is 25.1 Å². The minimum absolute atomic E-state index is 0.0972. The van der Waals surface area contributed by atoms with E-state index in [0.29, 0.717) is 37.6 Å². The minimum atomic E-state index is -3.54. The standard InChI is InChI=1S/C17H19N3O6S/c1-12-5-10-26-16(12)17(21)19-8-6-18(7-9-19)14-4-3-13(27(2,24)25)11-15(14)20(22)23/h3-5,10-11H,6-9H2,1-2H3. The van der Waals surface area contributed by atoms with Crippen molar-refractivity contribution in [3.8, 4) is 0 Å². The van der Waals surface area contributed by atoms with Gasteiger partial charge >= 0.3 is 0 Å². The van der Waals surface area contributed by atoms with Gasteiger partial charge in [-0.1, -0.05) is 0 Å². The van der Waals surface area contributed by atoms with Crippen LogP contribution in [0.4, 0.5) is 11.4 Å². The number of hydrogen-bond donors (Lipinski definition) is 0.